The summed E-state index contributed by atoms with van der Waals surface area (Å²) in [4.78, 5) is 26.3. The highest BCUT2D eigenvalue weighted by Gasteiger charge is 2.11. The lowest BCUT2D eigenvalue weighted by Crippen LogP contribution is -2.33. The van der Waals surface area contributed by atoms with Gasteiger partial charge in [0.1, 0.15) is 0 Å². The second-order valence-corrected chi connectivity index (χ2v) is 5.09. The van der Waals surface area contributed by atoms with Crippen molar-refractivity contribution >= 4 is 17.7 Å². The normalized spacial score (nSPS) is 17.2. The zero-order chi connectivity index (χ0) is 15.1. The van der Waals surface area contributed by atoms with Gasteiger partial charge in [-0.1, -0.05) is 12.2 Å². The SMILES string of the molecule is O=C(O)Cc1ccc(NC(=O)NCC2CC=CCC2)cn1. The summed E-state index contributed by atoms with van der Waals surface area (Å²) < 4.78 is 0. The van der Waals surface area contributed by atoms with Crippen LogP contribution in [0.5, 0.6) is 0 Å². The second-order valence-electron chi connectivity index (χ2n) is 5.09. The third-order valence-electron chi connectivity index (χ3n) is 3.34. The third-order valence-corrected chi connectivity index (χ3v) is 3.34. The lowest BCUT2D eigenvalue weighted by atomic mass is 9.94. The van der Waals surface area contributed by atoms with Crippen LogP contribution in [-0.4, -0.2) is 28.6 Å². The Balaban J connectivity index is 1.76. The molecule has 0 fully saturated rings. The van der Waals surface area contributed by atoms with Crippen LogP contribution in [0, 0.1) is 5.92 Å². The fourth-order valence-corrected chi connectivity index (χ4v) is 2.21. The summed E-state index contributed by atoms with van der Waals surface area (Å²) in [7, 11) is 0. The summed E-state index contributed by atoms with van der Waals surface area (Å²) in [6.45, 7) is 0.653. The predicted molar refractivity (Wildman–Crippen MR) is 79.1 cm³/mol. The summed E-state index contributed by atoms with van der Waals surface area (Å²) in [5, 5.41) is 14.2. The number of amides is 2. The van der Waals surface area contributed by atoms with Crippen molar-refractivity contribution in [2.45, 2.75) is 25.7 Å². The number of aromatic nitrogens is 1. The van der Waals surface area contributed by atoms with E-state index in [1.165, 1.54) is 6.20 Å². The van der Waals surface area contributed by atoms with Gasteiger partial charge in [-0.05, 0) is 37.3 Å². The van der Waals surface area contributed by atoms with Crippen LogP contribution in [0.25, 0.3) is 0 Å². The van der Waals surface area contributed by atoms with Gasteiger partial charge in [-0.2, -0.15) is 0 Å². The number of allylic oxidation sites excluding steroid dienone is 2. The fraction of sp³-hybridized carbons (Fsp3) is 0.400. The molecule has 1 aliphatic rings. The van der Waals surface area contributed by atoms with Crippen LogP contribution in [-0.2, 0) is 11.2 Å². The number of rotatable bonds is 5. The Kier molecular flexibility index (Phi) is 5.31. The highest BCUT2D eigenvalue weighted by atomic mass is 16.4. The van der Waals surface area contributed by atoms with E-state index in [2.05, 4.69) is 27.8 Å². The van der Waals surface area contributed by atoms with Crippen LogP contribution in [0.1, 0.15) is 25.0 Å². The van der Waals surface area contributed by atoms with Crippen LogP contribution in [0.3, 0.4) is 0 Å². The number of carboxylic acids is 1. The number of carbonyl (C=O) groups excluding carboxylic acids is 1. The van der Waals surface area contributed by atoms with Gasteiger partial charge in [0.25, 0.3) is 0 Å². The standard InChI is InChI=1S/C15H19N3O3/c19-14(20)8-12-6-7-13(10-16-12)18-15(21)17-9-11-4-2-1-3-5-11/h1-2,6-7,10-11H,3-5,8-9H2,(H,19,20)(H2,17,18,21). The van der Waals surface area contributed by atoms with Crippen LogP contribution in [0.2, 0.25) is 0 Å². The van der Waals surface area contributed by atoms with Crippen molar-refractivity contribution in [1.82, 2.24) is 10.3 Å². The van der Waals surface area contributed by atoms with E-state index in [0.717, 1.165) is 19.3 Å². The average molecular weight is 289 g/mol. The molecule has 2 amide bonds. The Bertz CT molecular complexity index is 525. The monoisotopic (exact) mass is 289 g/mol. The molecule has 1 atom stereocenters. The van der Waals surface area contributed by atoms with E-state index in [1.807, 2.05) is 0 Å². The number of anilines is 1. The zero-order valence-corrected chi connectivity index (χ0v) is 11.7. The quantitative estimate of drug-likeness (QED) is 0.725. The molecule has 6 nitrogen and oxygen atoms in total. The predicted octanol–water partition coefficient (Wildman–Crippen LogP) is 2.19. The van der Waals surface area contributed by atoms with E-state index < -0.39 is 5.97 Å². The first-order valence-corrected chi connectivity index (χ1v) is 7.00. The summed E-state index contributed by atoms with van der Waals surface area (Å²) in [6.07, 6.45) is 8.83. The molecule has 0 radical (unpaired) electrons. The van der Waals surface area contributed by atoms with E-state index in [9.17, 15) is 9.59 Å². The van der Waals surface area contributed by atoms with Crippen LogP contribution >= 0.6 is 0 Å². The Morgan fingerprint density at radius 1 is 1.33 bits per heavy atom. The molecule has 0 bridgehead atoms. The molecule has 0 saturated heterocycles. The Hall–Kier alpha value is -2.37. The smallest absolute Gasteiger partial charge is 0.319 e. The topological polar surface area (TPSA) is 91.3 Å². The van der Waals surface area contributed by atoms with Crippen molar-refractivity contribution in [1.29, 1.82) is 0 Å². The van der Waals surface area contributed by atoms with Gasteiger partial charge in [0.2, 0.25) is 0 Å². The number of nitrogens with zero attached hydrogens (tertiary/aromatic N) is 1. The molecule has 3 N–H and O–H groups in total. The van der Waals surface area contributed by atoms with Gasteiger partial charge in [-0.15, -0.1) is 0 Å². The van der Waals surface area contributed by atoms with Crippen molar-refractivity contribution in [3.8, 4) is 0 Å². The molecule has 1 aromatic rings. The number of pyridine rings is 1. The molecule has 0 spiro atoms. The lowest BCUT2D eigenvalue weighted by Gasteiger charge is -2.18. The number of urea groups is 1. The molecule has 0 aliphatic heterocycles. The van der Waals surface area contributed by atoms with Crippen LogP contribution < -0.4 is 10.6 Å². The first-order chi connectivity index (χ1) is 10.1. The van der Waals surface area contributed by atoms with Crippen molar-refractivity contribution in [3.63, 3.8) is 0 Å². The van der Waals surface area contributed by atoms with Crippen LogP contribution in [0.15, 0.2) is 30.5 Å². The number of nitrogens with one attached hydrogen (secondary N) is 2. The molecular formula is C15H19N3O3. The molecule has 1 aromatic heterocycles. The van der Waals surface area contributed by atoms with Crippen molar-refractivity contribution in [3.05, 3.63) is 36.2 Å². The molecule has 1 unspecified atom stereocenters. The molecule has 21 heavy (non-hydrogen) atoms. The number of hydrogen-bond acceptors (Lipinski definition) is 3. The van der Waals surface area contributed by atoms with Gasteiger partial charge in [-0.3, -0.25) is 9.78 Å². The molecular weight excluding hydrogens is 270 g/mol. The highest BCUT2D eigenvalue weighted by molar-refractivity contribution is 5.89. The number of carboxylic acid groups (broad SMARTS) is 1. The second kappa shape index (κ2) is 7.42. The van der Waals surface area contributed by atoms with Crippen LogP contribution in [0.4, 0.5) is 10.5 Å². The van der Waals surface area contributed by atoms with E-state index in [-0.39, 0.29) is 12.5 Å². The molecule has 112 valence electrons. The number of carbonyl (C=O) groups is 2. The average Bonchev–Trinajstić information content (AvgIpc) is 2.48. The minimum Gasteiger partial charge on any atom is -0.481 e. The summed E-state index contributed by atoms with van der Waals surface area (Å²) >= 11 is 0. The molecule has 2 rings (SSSR count). The van der Waals surface area contributed by atoms with Gasteiger partial charge < -0.3 is 15.7 Å². The maximum atomic E-state index is 11.8. The molecule has 0 aromatic carbocycles. The minimum absolute atomic E-state index is 0.123. The summed E-state index contributed by atoms with van der Waals surface area (Å²) in [5.74, 6) is -0.431. The molecule has 1 aliphatic carbocycles. The highest BCUT2D eigenvalue weighted by Crippen LogP contribution is 2.16. The van der Waals surface area contributed by atoms with Crippen molar-refractivity contribution < 1.29 is 14.7 Å². The maximum absolute atomic E-state index is 11.8. The van der Waals surface area contributed by atoms with E-state index in [0.29, 0.717) is 23.8 Å². The largest absolute Gasteiger partial charge is 0.481 e. The van der Waals surface area contributed by atoms with Crippen molar-refractivity contribution in [2.75, 3.05) is 11.9 Å². The van der Waals surface area contributed by atoms with Gasteiger partial charge in [-0.25, -0.2) is 4.79 Å². The minimum atomic E-state index is -0.928. The Morgan fingerprint density at radius 3 is 2.81 bits per heavy atom. The Labute approximate surface area is 123 Å². The fourth-order valence-electron chi connectivity index (χ4n) is 2.21. The van der Waals surface area contributed by atoms with Gasteiger partial charge in [0.05, 0.1) is 24.0 Å². The number of hydrogen-bond donors (Lipinski definition) is 3. The first kappa shape index (κ1) is 15.0. The van der Waals surface area contributed by atoms with Gasteiger partial charge in [0.15, 0.2) is 0 Å². The van der Waals surface area contributed by atoms with Gasteiger partial charge in [0, 0.05) is 6.54 Å². The van der Waals surface area contributed by atoms with Gasteiger partial charge >= 0.3 is 12.0 Å². The van der Waals surface area contributed by atoms with Crippen molar-refractivity contribution in [2.24, 2.45) is 5.92 Å². The van der Waals surface area contributed by atoms with E-state index in [1.54, 1.807) is 12.1 Å². The summed E-state index contributed by atoms with van der Waals surface area (Å²) in [5.41, 5.74) is 1.01. The molecule has 6 heteroatoms. The maximum Gasteiger partial charge on any atom is 0.319 e. The molecule has 1 heterocycles. The summed E-state index contributed by atoms with van der Waals surface area (Å²) in [6, 6.07) is 2.97. The van der Waals surface area contributed by atoms with E-state index >= 15 is 0 Å². The van der Waals surface area contributed by atoms with E-state index in [4.69, 9.17) is 5.11 Å². The Morgan fingerprint density at radius 2 is 2.19 bits per heavy atom. The zero-order valence-electron chi connectivity index (χ0n) is 11.7. The lowest BCUT2D eigenvalue weighted by molar-refractivity contribution is -0.136. The number of aliphatic carboxylic acids is 1. The molecule has 0 saturated carbocycles. The third kappa shape index (κ3) is 5.25. The first-order valence-electron chi connectivity index (χ1n) is 7.00.